The molecule has 5 heteroatoms. The summed E-state index contributed by atoms with van der Waals surface area (Å²) >= 11 is 0. The van der Waals surface area contributed by atoms with Crippen LogP contribution in [-0.4, -0.2) is 50.5 Å². The van der Waals surface area contributed by atoms with Gasteiger partial charge in [0.2, 0.25) is 0 Å². The minimum absolute atomic E-state index is 0.204. The van der Waals surface area contributed by atoms with Crippen LogP contribution in [0.5, 0.6) is 0 Å². The molecule has 2 fully saturated rings. The summed E-state index contributed by atoms with van der Waals surface area (Å²) < 4.78 is 5.64. The first-order valence-corrected chi connectivity index (χ1v) is 11.4. The normalized spacial score (nSPS) is 22.0. The summed E-state index contributed by atoms with van der Waals surface area (Å²) in [4.78, 5) is 4.97. The predicted octanol–water partition coefficient (Wildman–Crippen LogP) is 3.86. The van der Waals surface area contributed by atoms with Gasteiger partial charge in [0.15, 0.2) is 5.96 Å². The van der Waals surface area contributed by atoms with Crippen molar-refractivity contribution in [2.24, 2.45) is 15.8 Å². The maximum absolute atomic E-state index is 9.54. The summed E-state index contributed by atoms with van der Waals surface area (Å²) in [7, 11) is 0. The molecule has 0 bridgehead atoms. The number of aliphatic hydroxyl groups is 1. The van der Waals surface area contributed by atoms with Crippen molar-refractivity contribution < 1.29 is 9.84 Å². The number of rotatable bonds is 11. The second-order valence-electron chi connectivity index (χ2n) is 8.74. The number of hydrogen-bond donors (Lipinski definition) is 3. The highest BCUT2D eigenvalue weighted by Gasteiger charge is 2.34. The van der Waals surface area contributed by atoms with E-state index in [1.165, 1.54) is 57.8 Å². The quantitative estimate of drug-likeness (QED) is 0.289. The first-order chi connectivity index (χ1) is 13.2. The molecular weight excluding hydrogens is 338 g/mol. The number of aliphatic hydroxyl groups excluding tert-OH is 1. The van der Waals surface area contributed by atoms with Gasteiger partial charge in [0.25, 0.3) is 0 Å². The average molecular weight is 382 g/mol. The van der Waals surface area contributed by atoms with Gasteiger partial charge in [-0.3, -0.25) is 4.99 Å². The zero-order valence-corrected chi connectivity index (χ0v) is 17.8. The molecule has 5 nitrogen and oxygen atoms in total. The van der Waals surface area contributed by atoms with E-state index in [-0.39, 0.29) is 12.0 Å². The molecule has 0 aromatic heterocycles. The van der Waals surface area contributed by atoms with Gasteiger partial charge in [-0.1, -0.05) is 32.1 Å². The van der Waals surface area contributed by atoms with E-state index >= 15 is 0 Å². The molecule has 0 aliphatic heterocycles. The van der Waals surface area contributed by atoms with Gasteiger partial charge < -0.3 is 20.5 Å². The lowest BCUT2D eigenvalue weighted by atomic mass is 9.72. The van der Waals surface area contributed by atoms with Crippen LogP contribution in [-0.2, 0) is 4.74 Å². The Morgan fingerprint density at radius 1 is 0.926 bits per heavy atom. The SMILES string of the molecule is CCNC(=NCC1(CCO)CCCCC1)NCC1(CCOCC)CCCC1. The Morgan fingerprint density at radius 3 is 2.22 bits per heavy atom. The predicted molar refractivity (Wildman–Crippen MR) is 113 cm³/mol. The van der Waals surface area contributed by atoms with E-state index in [2.05, 4.69) is 24.5 Å². The number of nitrogens with one attached hydrogen (secondary N) is 2. The number of aliphatic imine (C=N–C) groups is 1. The van der Waals surface area contributed by atoms with Crippen LogP contribution in [0.25, 0.3) is 0 Å². The van der Waals surface area contributed by atoms with Crippen molar-refractivity contribution in [2.45, 2.75) is 84.5 Å². The van der Waals surface area contributed by atoms with Crippen molar-refractivity contribution in [1.82, 2.24) is 10.6 Å². The third-order valence-electron chi connectivity index (χ3n) is 6.75. The minimum Gasteiger partial charge on any atom is -0.396 e. The van der Waals surface area contributed by atoms with E-state index < -0.39 is 0 Å². The Kier molecular flexibility index (Phi) is 9.91. The Bertz CT molecular complexity index is 422. The fourth-order valence-electron chi connectivity index (χ4n) is 4.96. The van der Waals surface area contributed by atoms with E-state index in [0.29, 0.717) is 5.41 Å². The molecule has 0 aromatic rings. The van der Waals surface area contributed by atoms with Crippen LogP contribution in [0, 0.1) is 10.8 Å². The monoisotopic (exact) mass is 381 g/mol. The molecule has 27 heavy (non-hydrogen) atoms. The van der Waals surface area contributed by atoms with Gasteiger partial charge in [0.1, 0.15) is 0 Å². The molecule has 158 valence electrons. The Morgan fingerprint density at radius 2 is 1.59 bits per heavy atom. The third kappa shape index (κ3) is 7.26. The van der Waals surface area contributed by atoms with E-state index in [1.807, 2.05) is 0 Å². The van der Waals surface area contributed by atoms with Crippen molar-refractivity contribution in [3.63, 3.8) is 0 Å². The van der Waals surface area contributed by atoms with Crippen LogP contribution >= 0.6 is 0 Å². The smallest absolute Gasteiger partial charge is 0.191 e. The molecular formula is C22H43N3O2. The lowest BCUT2D eigenvalue weighted by Crippen LogP contribution is -2.44. The second kappa shape index (κ2) is 11.9. The van der Waals surface area contributed by atoms with Crippen LogP contribution in [0.3, 0.4) is 0 Å². The van der Waals surface area contributed by atoms with Crippen molar-refractivity contribution in [1.29, 1.82) is 0 Å². The summed E-state index contributed by atoms with van der Waals surface area (Å²) in [5.74, 6) is 0.947. The van der Waals surface area contributed by atoms with Crippen molar-refractivity contribution in [3.05, 3.63) is 0 Å². The van der Waals surface area contributed by atoms with Gasteiger partial charge in [0, 0.05) is 39.5 Å². The fourth-order valence-corrected chi connectivity index (χ4v) is 4.96. The minimum atomic E-state index is 0.204. The number of hydrogen-bond acceptors (Lipinski definition) is 3. The molecule has 0 unspecified atom stereocenters. The van der Waals surface area contributed by atoms with Crippen molar-refractivity contribution in [3.8, 4) is 0 Å². The highest BCUT2D eigenvalue weighted by molar-refractivity contribution is 5.79. The first kappa shape index (κ1) is 22.5. The van der Waals surface area contributed by atoms with Gasteiger partial charge in [-0.25, -0.2) is 0 Å². The van der Waals surface area contributed by atoms with Crippen molar-refractivity contribution in [2.75, 3.05) is 39.5 Å². The summed E-state index contributed by atoms with van der Waals surface area (Å²) in [6.07, 6.45) is 13.6. The van der Waals surface area contributed by atoms with E-state index in [1.54, 1.807) is 0 Å². The largest absolute Gasteiger partial charge is 0.396 e. The second-order valence-corrected chi connectivity index (χ2v) is 8.74. The maximum atomic E-state index is 9.54. The van der Waals surface area contributed by atoms with Crippen LogP contribution in [0.1, 0.15) is 84.5 Å². The standard InChI is InChI=1S/C22H43N3O2/c1-3-23-20(24-18-21(14-16-26)10-6-5-7-11-21)25-19-22(12-8-9-13-22)15-17-27-4-2/h26H,3-19H2,1-2H3,(H2,23,24,25). The lowest BCUT2D eigenvalue weighted by Gasteiger charge is -2.36. The van der Waals surface area contributed by atoms with E-state index in [9.17, 15) is 5.11 Å². The van der Waals surface area contributed by atoms with Crippen LogP contribution in [0.15, 0.2) is 4.99 Å². The highest BCUT2D eigenvalue weighted by Crippen LogP contribution is 2.41. The molecule has 0 aromatic carbocycles. The van der Waals surface area contributed by atoms with Crippen LogP contribution in [0.2, 0.25) is 0 Å². The molecule has 3 N–H and O–H groups in total. The summed E-state index contributed by atoms with van der Waals surface area (Å²) in [5, 5.41) is 16.6. The van der Waals surface area contributed by atoms with Gasteiger partial charge >= 0.3 is 0 Å². The molecule has 2 aliphatic carbocycles. The van der Waals surface area contributed by atoms with Crippen LogP contribution < -0.4 is 10.6 Å². The van der Waals surface area contributed by atoms with Gasteiger partial charge in [-0.2, -0.15) is 0 Å². The third-order valence-corrected chi connectivity index (χ3v) is 6.75. The Hall–Kier alpha value is -0.810. The van der Waals surface area contributed by atoms with E-state index in [0.717, 1.165) is 51.6 Å². The zero-order valence-electron chi connectivity index (χ0n) is 17.8. The zero-order chi connectivity index (χ0) is 19.4. The van der Waals surface area contributed by atoms with Crippen LogP contribution in [0.4, 0.5) is 0 Å². The summed E-state index contributed by atoms with van der Waals surface area (Å²) in [5.41, 5.74) is 0.564. The molecule has 2 aliphatic rings. The molecule has 0 amide bonds. The van der Waals surface area contributed by atoms with Gasteiger partial charge in [0.05, 0.1) is 0 Å². The Labute approximate surface area is 166 Å². The van der Waals surface area contributed by atoms with Crippen molar-refractivity contribution >= 4 is 5.96 Å². The Balaban J connectivity index is 1.95. The number of guanidine groups is 1. The molecule has 0 radical (unpaired) electrons. The van der Waals surface area contributed by atoms with Gasteiger partial charge in [-0.15, -0.1) is 0 Å². The fraction of sp³-hybridized carbons (Fsp3) is 0.955. The summed E-state index contributed by atoms with van der Waals surface area (Å²) in [6.45, 7) is 8.84. The molecule has 2 rings (SSSR count). The molecule has 2 saturated carbocycles. The maximum Gasteiger partial charge on any atom is 0.191 e. The molecule has 0 heterocycles. The lowest BCUT2D eigenvalue weighted by molar-refractivity contribution is 0.105. The average Bonchev–Trinajstić information content (AvgIpc) is 3.14. The van der Waals surface area contributed by atoms with E-state index in [4.69, 9.17) is 9.73 Å². The summed E-state index contributed by atoms with van der Waals surface area (Å²) in [6, 6.07) is 0. The molecule has 0 atom stereocenters. The molecule has 0 spiro atoms. The molecule has 0 saturated heterocycles. The first-order valence-electron chi connectivity index (χ1n) is 11.4. The number of ether oxygens (including phenoxy) is 1. The number of nitrogens with zero attached hydrogens (tertiary/aromatic N) is 1. The topological polar surface area (TPSA) is 65.9 Å². The van der Waals surface area contributed by atoms with Gasteiger partial charge in [-0.05, 0) is 63.2 Å². The highest BCUT2D eigenvalue weighted by atomic mass is 16.5.